The van der Waals surface area contributed by atoms with Gasteiger partial charge in [-0.2, -0.15) is 0 Å². The summed E-state index contributed by atoms with van der Waals surface area (Å²) in [5.74, 6) is 0. The Morgan fingerprint density at radius 3 is 0.767 bits per heavy atom. The largest absolute Gasteiger partial charge is 0.396 e. The summed E-state index contributed by atoms with van der Waals surface area (Å²) in [7, 11) is 0. The maximum atomic E-state index is 8.73. The molecule has 4 nitrogen and oxygen atoms in total. The van der Waals surface area contributed by atoms with Gasteiger partial charge in [0, 0.05) is 26.4 Å². The molecule has 0 aromatic heterocycles. The quantitative estimate of drug-likeness (QED) is 0.141. The van der Waals surface area contributed by atoms with Gasteiger partial charge in [-0.05, 0) is 25.7 Å². The summed E-state index contributed by atoms with van der Waals surface area (Å²) in [5.41, 5.74) is 0. The topological polar surface area (TPSA) is 58.9 Å². The van der Waals surface area contributed by atoms with Gasteiger partial charge in [0.25, 0.3) is 0 Å². The van der Waals surface area contributed by atoms with Crippen LogP contribution < -0.4 is 0 Å². The molecule has 0 bridgehead atoms. The Morgan fingerprint density at radius 1 is 0.267 bits per heavy atom. The second-order valence-electron chi connectivity index (χ2n) is 8.74. The van der Waals surface area contributed by atoms with Crippen molar-refractivity contribution >= 4 is 0 Å². The minimum absolute atomic E-state index is 0.350. The normalized spacial score (nSPS) is 11.4. The van der Waals surface area contributed by atoms with Crippen LogP contribution in [0.1, 0.15) is 128 Å². The SMILES string of the molecule is OCCCCCCCCCCCCOCCOCCCCCCCCCCCCO. The van der Waals surface area contributed by atoms with Gasteiger partial charge < -0.3 is 19.7 Å². The lowest BCUT2D eigenvalue weighted by atomic mass is 10.1. The van der Waals surface area contributed by atoms with E-state index in [-0.39, 0.29) is 0 Å². The number of hydrogen-bond donors (Lipinski definition) is 2. The molecule has 2 N–H and O–H groups in total. The van der Waals surface area contributed by atoms with E-state index in [4.69, 9.17) is 19.7 Å². The fourth-order valence-electron chi connectivity index (χ4n) is 3.78. The van der Waals surface area contributed by atoms with E-state index in [1.807, 2.05) is 0 Å². The molecule has 0 aromatic carbocycles. The highest BCUT2D eigenvalue weighted by molar-refractivity contribution is 4.49. The van der Waals surface area contributed by atoms with Crippen molar-refractivity contribution in [1.29, 1.82) is 0 Å². The van der Waals surface area contributed by atoms with Crippen LogP contribution in [0.4, 0.5) is 0 Å². The van der Waals surface area contributed by atoms with Crippen molar-refractivity contribution in [3.8, 4) is 0 Å². The molecule has 0 aromatic rings. The lowest BCUT2D eigenvalue weighted by Gasteiger charge is -2.06. The molecule has 4 heteroatoms. The predicted molar refractivity (Wildman–Crippen MR) is 128 cm³/mol. The number of aliphatic hydroxyl groups is 2. The van der Waals surface area contributed by atoms with Crippen molar-refractivity contribution in [2.45, 2.75) is 128 Å². The molecule has 0 fully saturated rings. The van der Waals surface area contributed by atoms with Crippen LogP contribution in [0, 0.1) is 0 Å². The summed E-state index contributed by atoms with van der Waals surface area (Å²) >= 11 is 0. The Labute approximate surface area is 188 Å². The summed E-state index contributed by atoms with van der Waals surface area (Å²) in [5, 5.41) is 17.5. The van der Waals surface area contributed by atoms with Crippen molar-refractivity contribution in [3.63, 3.8) is 0 Å². The minimum atomic E-state index is 0.350. The van der Waals surface area contributed by atoms with E-state index in [9.17, 15) is 0 Å². The van der Waals surface area contributed by atoms with E-state index in [1.54, 1.807) is 0 Å². The van der Waals surface area contributed by atoms with Gasteiger partial charge in [0.15, 0.2) is 0 Å². The molecule has 0 unspecified atom stereocenters. The van der Waals surface area contributed by atoms with Gasteiger partial charge in [-0.1, -0.05) is 103 Å². The van der Waals surface area contributed by atoms with Crippen molar-refractivity contribution in [2.24, 2.45) is 0 Å². The van der Waals surface area contributed by atoms with Crippen molar-refractivity contribution in [1.82, 2.24) is 0 Å². The Kier molecular flexibility index (Phi) is 28.7. The molecule has 0 atom stereocenters. The zero-order valence-corrected chi connectivity index (χ0v) is 20.1. The maximum Gasteiger partial charge on any atom is 0.0700 e. The molecular formula is C26H54O4. The molecule has 0 radical (unpaired) electrons. The van der Waals surface area contributed by atoms with Gasteiger partial charge in [0.2, 0.25) is 0 Å². The summed E-state index contributed by atoms with van der Waals surface area (Å²) in [4.78, 5) is 0. The predicted octanol–water partition coefficient (Wildman–Crippen LogP) is 6.81. The Morgan fingerprint density at radius 2 is 0.500 bits per heavy atom. The van der Waals surface area contributed by atoms with E-state index in [0.717, 1.165) is 39.3 Å². The molecule has 30 heavy (non-hydrogen) atoms. The first-order valence-corrected chi connectivity index (χ1v) is 13.3. The van der Waals surface area contributed by atoms with Crippen LogP contribution in [0.3, 0.4) is 0 Å². The van der Waals surface area contributed by atoms with Crippen LogP contribution in [0.25, 0.3) is 0 Å². The average molecular weight is 431 g/mol. The number of rotatable bonds is 27. The van der Waals surface area contributed by atoms with Gasteiger partial charge in [-0.15, -0.1) is 0 Å². The van der Waals surface area contributed by atoms with Gasteiger partial charge in [-0.3, -0.25) is 0 Å². The summed E-state index contributed by atoms with van der Waals surface area (Å²) in [6.45, 7) is 3.94. The average Bonchev–Trinajstić information content (AvgIpc) is 2.76. The molecule has 182 valence electrons. The second kappa shape index (κ2) is 28.8. The van der Waals surface area contributed by atoms with Crippen molar-refractivity contribution in [3.05, 3.63) is 0 Å². The summed E-state index contributed by atoms with van der Waals surface area (Å²) < 4.78 is 11.3. The third-order valence-corrected chi connectivity index (χ3v) is 5.77. The van der Waals surface area contributed by atoms with Crippen LogP contribution in [-0.2, 0) is 9.47 Å². The number of unbranched alkanes of at least 4 members (excludes halogenated alkanes) is 18. The first kappa shape index (κ1) is 29.8. The highest BCUT2D eigenvalue weighted by atomic mass is 16.5. The number of aliphatic hydroxyl groups excluding tert-OH is 2. The molecule has 0 aliphatic heterocycles. The van der Waals surface area contributed by atoms with Crippen molar-refractivity contribution < 1.29 is 19.7 Å². The van der Waals surface area contributed by atoms with Gasteiger partial charge in [-0.25, -0.2) is 0 Å². The van der Waals surface area contributed by atoms with E-state index < -0.39 is 0 Å². The molecule has 0 amide bonds. The monoisotopic (exact) mass is 430 g/mol. The van der Waals surface area contributed by atoms with Crippen LogP contribution in [0.2, 0.25) is 0 Å². The Bertz CT molecular complexity index is 258. The van der Waals surface area contributed by atoms with Gasteiger partial charge >= 0.3 is 0 Å². The molecule has 0 spiro atoms. The van der Waals surface area contributed by atoms with E-state index in [1.165, 1.54) is 116 Å². The zero-order valence-electron chi connectivity index (χ0n) is 20.1. The first-order chi connectivity index (χ1) is 14.9. The molecule has 0 heterocycles. The molecule has 0 rings (SSSR count). The fourth-order valence-corrected chi connectivity index (χ4v) is 3.78. The second-order valence-corrected chi connectivity index (χ2v) is 8.74. The van der Waals surface area contributed by atoms with Crippen LogP contribution in [-0.4, -0.2) is 49.9 Å². The standard InChI is InChI=1S/C26H54O4/c27-21-17-13-9-5-1-3-7-11-15-19-23-29-25-26-30-24-20-16-12-8-4-2-6-10-14-18-22-28/h27-28H,1-26H2. The molecule has 0 saturated heterocycles. The van der Waals surface area contributed by atoms with Crippen LogP contribution >= 0.6 is 0 Å². The van der Waals surface area contributed by atoms with Gasteiger partial charge in [0.1, 0.15) is 0 Å². The Balaban J connectivity index is 2.97. The lowest BCUT2D eigenvalue weighted by molar-refractivity contribution is 0.0448. The van der Waals surface area contributed by atoms with Gasteiger partial charge in [0.05, 0.1) is 13.2 Å². The van der Waals surface area contributed by atoms with Crippen LogP contribution in [0.15, 0.2) is 0 Å². The Hall–Kier alpha value is -0.160. The number of hydrogen-bond acceptors (Lipinski definition) is 4. The minimum Gasteiger partial charge on any atom is -0.396 e. The molecular weight excluding hydrogens is 376 g/mol. The third-order valence-electron chi connectivity index (χ3n) is 5.77. The maximum absolute atomic E-state index is 8.73. The highest BCUT2D eigenvalue weighted by Gasteiger charge is 1.96. The van der Waals surface area contributed by atoms with E-state index >= 15 is 0 Å². The van der Waals surface area contributed by atoms with E-state index in [0.29, 0.717) is 13.2 Å². The van der Waals surface area contributed by atoms with Crippen LogP contribution in [0.5, 0.6) is 0 Å². The lowest BCUT2D eigenvalue weighted by Crippen LogP contribution is -2.06. The third kappa shape index (κ3) is 27.8. The van der Waals surface area contributed by atoms with Crippen molar-refractivity contribution in [2.75, 3.05) is 39.6 Å². The summed E-state index contributed by atoms with van der Waals surface area (Å²) in [6.07, 6.45) is 25.3. The first-order valence-electron chi connectivity index (χ1n) is 13.3. The molecule has 0 aliphatic carbocycles. The molecule has 0 aliphatic rings. The smallest absolute Gasteiger partial charge is 0.0700 e. The van der Waals surface area contributed by atoms with E-state index in [2.05, 4.69) is 0 Å². The fraction of sp³-hybridized carbons (Fsp3) is 1.00. The summed E-state index contributed by atoms with van der Waals surface area (Å²) in [6, 6.07) is 0. The number of ether oxygens (including phenoxy) is 2. The zero-order chi connectivity index (χ0) is 21.8. The highest BCUT2D eigenvalue weighted by Crippen LogP contribution is 2.11. The molecule has 0 saturated carbocycles.